The average molecular weight is 371 g/mol. The number of hydrogen-bond acceptors (Lipinski definition) is 2. The number of halogens is 1. The predicted molar refractivity (Wildman–Crippen MR) is 82.5 cm³/mol. The van der Waals surface area contributed by atoms with E-state index in [9.17, 15) is 4.57 Å². The van der Waals surface area contributed by atoms with Gasteiger partial charge >= 0.3 is 8.03 Å². The van der Waals surface area contributed by atoms with Gasteiger partial charge in [-0.2, -0.15) is 0 Å². The van der Waals surface area contributed by atoms with Crippen LogP contribution in [0.5, 0.6) is 0 Å². The van der Waals surface area contributed by atoms with E-state index >= 15 is 0 Å². The van der Waals surface area contributed by atoms with Crippen LogP contribution in [0, 0.1) is 3.57 Å². The van der Waals surface area contributed by atoms with E-state index in [0.29, 0.717) is 6.61 Å². The molecule has 2 aromatic rings. The Bertz CT molecular complexity index is 528. The van der Waals surface area contributed by atoms with Crippen LogP contribution in [0.2, 0.25) is 0 Å². The summed E-state index contributed by atoms with van der Waals surface area (Å²) in [5.41, 5.74) is 1.23. The van der Waals surface area contributed by atoms with Gasteiger partial charge in [0.2, 0.25) is 5.30 Å². The predicted octanol–water partition coefficient (Wildman–Crippen LogP) is 3.92. The maximum Gasteiger partial charge on any atom is 0.548 e. The molecule has 0 aliphatic rings. The quantitative estimate of drug-likeness (QED) is 0.589. The summed E-state index contributed by atoms with van der Waals surface area (Å²) in [7, 11) is -1.73. The van der Waals surface area contributed by atoms with Gasteiger partial charge in [-0.25, -0.2) is 0 Å². The second kappa shape index (κ2) is 6.98. The Labute approximate surface area is 121 Å². The molecule has 0 saturated heterocycles. The van der Waals surface area contributed by atoms with E-state index in [1.807, 2.05) is 42.5 Å². The van der Waals surface area contributed by atoms with Crippen LogP contribution >= 0.6 is 30.6 Å². The van der Waals surface area contributed by atoms with Crippen LogP contribution in [-0.4, -0.2) is 6.61 Å². The molecule has 1 atom stereocenters. The number of rotatable bonds is 5. The normalized spacial score (nSPS) is 11.3. The molecular formula is C14H13IO2P+. The first-order valence-electron chi connectivity index (χ1n) is 5.66. The molecule has 0 radical (unpaired) electrons. The molecule has 18 heavy (non-hydrogen) atoms. The molecule has 0 heterocycles. The largest absolute Gasteiger partial charge is 0.548 e. The lowest BCUT2D eigenvalue weighted by molar-refractivity contribution is 0.339. The van der Waals surface area contributed by atoms with Crippen molar-refractivity contribution in [3.8, 4) is 0 Å². The van der Waals surface area contributed by atoms with Crippen molar-refractivity contribution in [3.63, 3.8) is 0 Å². The maximum atomic E-state index is 11.8. The molecule has 0 spiro atoms. The topological polar surface area (TPSA) is 26.3 Å². The molecule has 0 fully saturated rings. The fourth-order valence-electron chi connectivity index (χ4n) is 1.56. The third-order valence-electron chi connectivity index (χ3n) is 2.50. The first kappa shape index (κ1) is 13.7. The maximum absolute atomic E-state index is 11.8. The Hall–Kier alpha value is -0.770. The highest BCUT2D eigenvalue weighted by atomic mass is 127. The molecule has 1 unspecified atom stereocenters. The van der Waals surface area contributed by atoms with Crippen LogP contribution < -0.4 is 5.30 Å². The lowest BCUT2D eigenvalue weighted by Gasteiger charge is -2.00. The van der Waals surface area contributed by atoms with Crippen molar-refractivity contribution in [3.05, 3.63) is 63.7 Å². The SMILES string of the molecule is O=[P+](OCCc1ccccc1I)c1ccccc1. The van der Waals surface area contributed by atoms with Gasteiger partial charge in [0.25, 0.3) is 0 Å². The summed E-state index contributed by atoms with van der Waals surface area (Å²) in [6.45, 7) is 0.476. The molecule has 0 amide bonds. The number of hydrogen-bond donors (Lipinski definition) is 0. The molecule has 2 nitrogen and oxygen atoms in total. The monoisotopic (exact) mass is 371 g/mol. The summed E-state index contributed by atoms with van der Waals surface area (Å²) in [5, 5.41) is 0.746. The van der Waals surface area contributed by atoms with Gasteiger partial charge in [0.15, 0.2) is 0 Å². The average Bonchev–Trinajstić information content (AvgIpc) is 2.42. The zero-order valence-corrected chi connectivity index (χ0v) is 12.8. The fourth-order valence-corrected chi connectivity index (χ4v) is 3.04. The summed E-state index contributed by atoms with van der Waals surface area (Å²) in [5.74, 6) is 0. The summed E-state index contributed by atoms with van der Waals surface area (Å²) >= 11 is 2.30. The van der Waals surface area contributed by atoms with Crippen molar-refractivity contribution in [2.75, 3.05) is 6.61 Å². The second-order valence-corrected chi connectivity index (χ2v) is 6.22. The third-order valence-corrected chi connectivity index (χ3v) is 4.69. The van der Waals surface area contributed by atoms with Crippen molar-refractivity contribution in [2.24, 2.45) is 0 Å². The lowest BCUT2D eigenvalue weighted by atomic mass is 10.2. The molecule has 0 N–H and O–H groups in total. The van der Waals surface area contributed by atoms with Crippen LogP contribution in [-0.2, 0) is 15.5 Å². The standard InChI is InChI=1S/C14H13IO2P/c15-14-9-5-4-6-12(14)10-11-17-18(16)13-7-2-1-3-8-13/h1-9H,10-11H2/q+1. The van der Waals surface area contributed by atoms with Crippen LogP contribution in [0.3, 0.4) is 0 Å². The van der Waals surface area contributed by atoms with Gasteiger partial charge in [0.05, 0.1) is 0 Å². The van der Waals surface area contributed by atoms with E-state index in [-0.39, 0.29) is 0 Å². The summed E-state index contributed by atoms with van der Waals surface area (Å²) < 4.78 is 18.5. The highest BCUT2D eigenvalue weighted by Crippen LogP contribution is 2.22. The van der Waals surface area contributed by atoms with Crippen LogP contribution in [0.4, 0.5) is 0 Å². The minimum absolute atomic E-state index is 0.476. The van der Waals surface area contributed by atoms with Crippen molar-refractivity contribution in [2.45, 2.75) is 6.42 Å². The third kappa shape index (κ3) is 3.87. The van der Waals surface area contributed by atoms with E-state index in [2.05, 4.69) is 34.7 Å². The second-order valence-electron chi connectivity index (χ2n) is 3.77. The zero-order chi connectivity index (χ0) is 12.8. The van der Waals surface area contributed by atoms with Crippen molar-refractivity contribution >= 4 is 35.9 Å². The molecule has 4 heteroatoms. The molecule has 0 aliphatic carbocycles. The van der Waals surface area contributed by atoms with Gasteiger partial charge in [-0.05, 0) is 50.9 Å². The molecule has 0 aliphatic heterocycles. The molecule has 0 aromatic heterocycles. The van der Waals surface area contributed by atoms with Gasteiger partial charge in [-0.1, -0.05) is 36.4 Å². The van der Waals surface area contributed by atoms with Gasteiger partial charge in [-0.15, -0.1) is 4.52 Å². The first-order chi connectivity index (χ1) is 8.77. The fraction of sp³-hybridized carbons (Fsp3) is 0.143. The minimum Gasteiger partial charge on any atom is -0.141 e. The van der Waals surface area contributed by atoms with Crippen molar-refractivity contribution in [1.82, 2.24) is 0 Å². The Morgan fingerprint density at radius 2 is 1.67 bits per heavy atom. The van der Waals surface area contributed by atoms with Crippen LogP contribution in [0.15, 0.2) is 54.6 Å². The summed E-state index contributed by atoms with van der Waals surface area (Å²) in [4.78, 5) is 0. The van der Waals surface area contributed by atoms with E-state index in [0.717, 1.165) is 11.7 Å². The van der Waals surface area contributed by atoms with Gasteiger partial charge in [0, 0.05) is 9.99 Å². The van der Waals surface area contributed by atoms with Crippen LogP contribution in [0.25, 0.3) is 0 Å². The minimum atomic E-state index is -1.73. The Balaban J connectivity index is 1.86. The Morgan fingerprint density at radius 1 is 1.00 bits per heavy atom. The molecular weight excluding hydrogens is 358 g/mol. The first-order valence-corrected chi connectivity index (χ1v) is 7.91. The Morgan fingerprint density at radius 3 is 2.39 bits per heavy atom. The number of benzene rings is 2. The highest BCUT2D eigenvalue weighted by Gasteiger charge is 2.20. The molecule has 2 aromatic carbocycles. The van der Waals surface area contributed by atoms with Crippen molar-refractivity contribution < 1.29 is 9.09 Å². The van der Waals surface area contributed by atoms with E-state index in [1.165, 1.54) is 9.13 Å². The smallest absolute Gasteiger partial charge is 0.141 e. The van der Waals surface area contributed by atoms with Gasteiger partial charge in [-0.3, -0.25) is 0 Å². The van der Waals surface area contributed by atoms with E-state index < -0.39 is 8.03 Å². The van der Waals surface area contributed by atoms with Gasteiger partial charge in [0.1, 0.15) is 6.61 Å². The highest BCUT2D eigenvalue weighted by molar-refractivity contribution is 14.1. The summed E-state index contributed by atoms with van der Waals surface area (Å²) in [6.07, 6.45) is 0.785. The molecule has 0 saturated carbocycles. The molecule has 2 rings (SSSR count). The van der Waals surface area contributed by atoms with E-state index in [1.54, 1.807) is 0 Å². The lowest BCUT2D eigenvalue weighted by Crippen LogP contribution is -2.01. The van der Waals surface area contributed by atoms with E-state index in [4.69, 9.17) is 4.52 Å². The summed E-state index contributed by atoms with van der Waals surface area (Å²) in [6, 6.07) is 17.4. The molecule has 0 bridgehead atoms. The van der Waals surface area contributed by atoms with Crippen LogP contribution in [0.1, 0.15) is 5.56 Å². The Kier molecular flexibility index (Phi) is 5.29. The van der Waals surface area contributed by atoms with Crippen molar-refractivity contribution in [1.29, 1.82) is 0 Å². The molecule has 92 valence electrons. The zero-order valence-electron chi connectivity index (χ0n) is 9.75. The van der Waals surface area contributed by atoms with Gasteiger partial charge < -0.3 is 0 Å².